The van der Waals surface area contributed by atoms with Crippen molar-refractivity contribution in [3.8, 4) is 11.5 Å². The van der Waals surface area contributed by atoms with E-state index in [1.165, 1.54) is 11.3 Å². The Balaban J connectivity index is 2.36. The molecule has 0 spiro atoms. The van der Waals surface area contributed by atoms with E-state index >= 15 is 0 Å². The summed E-state index contributed by atoms with van der Waals surface area (Å²) in [6.45, 7) is 1.87. The third kappa shape index (κ3) is 2.36. The molecule has 0 radical (unpaired) electrons. The quantitative estimate of drug-likeness (QED) is 0.796. The fourth-order valence-electron chi connectivity index (χ4n) is 1.59. The Bertz CT molecular complexity index is 577. The minimum absolute atomic E-state index is 0.111. The van der Waals surface area contributed by atoms with E-state index in [1.807, 2.05) is 6.92 Å². The molecule has 1 heterocycles. The maximum Gasteiger partial charge on any atom is 0.212 e. The van der Waals surface area contributed by atoms with Crippen LogP contribution in [0.1, 0.15) is 21.1 Å². The third-order valence-electron chi connectivity index (χ3n) is 2.50. The van der Waals surface area contributed by atoms with E-state index in [0.29, 0.717) is 22.8 Å². The van der Waals surface area contributed by atoms with E-state index in [1.54, 1.807) is 37.8 Å². The Morgan fingerprint density at radius 3 is 2.50 bits per heavy atom. The number of hydrogen-bond donors (Lipinski definition) is 0. The number of aryl methyl sites for hydroxylation is 1. The molecule has 0 fully saturated rings. The zero-order chi connectivity index (χ0) is 13.1. The van der Waals surface area contributed by atoms with Crippen LogP contribution >= 0.6 is 11.3 Å². The van der Waals surface area contributed by atoms with Crippen molar-refractivity contribution in [3.63, 3.8) is 0 Å². The Morgan fingerprint density at radius 2 is 1.94 bits per heavy atom. The zero-order valence-corrected chi connectivity index (χ0v) is 11.2. The lowest BCUT2D eigenvalue weighted by molar-refractivity contribution is 0.103. The number of carbonyl (C=O) groups is 1. The molecular formula is C13H13NO3S. The molecule has 0 bridgehead atoms. The van der Waals surface area contributed by atoms with Gasteiger partial charge >= 0.3 is 0 Å². The number of benzene rings is 1. The number of aromatic nitrogens is 1. The van der Waals surface area contributed by atoms with E-state index in [2.05, 4.69) is 4.98 Å². The lowest BCUT2D eigenvalue weighted by Crippen LogP contribution is -2.03. The Labute approximate surface area is 109 Å². The zero-order valence-electron chi connectivity index (χ0n) is 10.4. The topological polar surface area (TPSA) is 48.4 Å². The van der Waals surface area contributed by atoms with Gasteiger partial charge in [0, 0.05) is 10.9 Å². The molecule has 0 saturated heterocycles. The molecule has 5 heteroatoms. The van der Waals surface area contributed by atoms with Gasteiger partial charge in [-0.3, -0.25) is 4.79 Å². The van der Waals surface area contributed by atoms with Crippen LogP contribution in [-0.4, -0.2) is 25.0 Å². The predicted octanol–water partition coefficient (Wildman–Crippen LogP) is 2.70. The van der Waals surface area contributed by atoms with Crippen LogP contribution in [0.25, 0.3) is 0 Å². The fourth-order valence-corrected chi connectivity index (χ4v) is 2.19. The van der Waals surface area contributed by atoms with Gasteiger partial charge in [-0.2, -0.15) is 0 Å². The Kier molecular flexibility index (Phi) is 3.62. The van der Waals surface area contributed by atoms with Crippen LogP contribution in [0.3, 0.4) is 0 Å². The minimum atomic E-state index is -0.111. The van der Waals surface area contributed by atoms with Gasteiger partial charge in [0.2, 0.25) is 5.78 Å². The van der Waals surface area contributed by atoms with Crippen LogP contribution in [0.2, 0.25) is 0 Å². The molecule has 0 atom stereocenters. The van der Waals surface area contributed by atoms with Gasteiger partial charge in [-0.15, -0.1) is 11.3 Å². The summed E-state index contributed by atoms with van der Waals surface area (Å²) in [7, 11) is 3.10. The van der Waals surface area contributed by atoms with E-state index in [0.717, 1.165) is 5.01 Å². The van der Waals surface area contributed by atoms with Gasteiger partial charge in [0.1, 0.15) is 5.69 Å². The molecule has 0 aliphatic rings. The monoisotopic (exact) mass is 263 g/mol. The highest BCUT2D eigenvalue weighted by Crippen LogP contribution is 2.28. The van der Waals surface area contributed by atoms with Crippen LogP contribution in [0.5, 0.6) is 11.5 Å². The van der Waals surface area contributed by atoms with Crippen LogP contribution in [-0.2, 0) is 0 Å². The molecule has 94 valence electrons. The standard InChI is InChI=1S/C13H13NO3S/c1-8-14-10(7-18-8)13(15)9-4-5-11(16-2)12(6-9)17-3/h4-7H,1-3H3. The molecule has 1 aromatic carbocycles. The molecule has 0 amide bonds. The van der Waals surface area contributed by atoms with Crippen molar-refractivity contribution >= 4 is 17.1 Å². The van der Waals surface area contributed by atoms with Crippen molar-refractivity contribution in [1.82, 2.24) is 4.98 Å². The lowest BCUT2D eigenvalue weighted by Gasteiger charge is -2.08. The van der Waals surface area contributed by atoms with Crippen LogP contribution in [0.15, 0.2) is 23.6 Å². The number of rotatable bonds is 4. The first-order chi connectivity index (χ1) is 8.65. The number of thiazole rings is 1. The number of nitrogens with zero attached hydrogens (tertiary/aromatic N) is 1. The summed E-state index contributed by atoms with van der Waals surface area (Å²) in [6.07, 6.45) is 0. The molecule has 2 rings (SSSR count). The first kappa shape index (κ1) is 12.6. The maximum absolute atomic E-state index is 12.2. The molecule has 0 saturated carbocycles. The number of ether oxygens (including phenoxy) is 2. The Morgan fingerprint density at radius 1 is 1.22 bits per heavy atom. The van der Waals surface area contributed by atoms with Crippen LogP contribution in [0.4, 0.5) is 0 Å². The van der Waals surface area contributed by atoms with Crippen LogP contribution in [0, 0.1) is 6.92 Å². The van der Waals surface area contributed by atoms with Gasteiger partial charge in [-0.25, -0.2) is 4.98 Å². The fraction of sp³-hybridized carbons (Fsp3) is 0.231. The van der Waals surface area contributed by atoms with Gasteiger partial charge in [-0.05, 0) is 25.1 Å². The molecule has 1 aromatic heterocycles. The summed E-state index contributed by atoms with van der Waals surface area (Å²) in [5, 5.41) is 2.63. The number of carbonyl (C=O) groups excluding carboxylic acids is 1. The largest absolute Gasteiger partial charge is 0.493 e. The summed E-state index contributed by atoms with van der Waals surface area (Å²) in [5.74, 6) is 1.03. The van der Waals surface area contributed by atoms with E-state index in [9.17, 15) is 4.79 Å². The second-order valence-corrected chi connectivity index (χ2v) is 4.71. The normalized spacial score (nSPS) is 10.2. The molecule has 4 nitrogen and oxygen atoms in total. The van der Waals surface area contributed by atoms with Crippen molar-refractivity contribution in [2.75, 3.05) is 14.2 Å². The number of methoxy groups -OCH3 is 2. The third-order valence-corrected chi connectivity index (χ3v) is 3.27. The average molecular weight is 263 g/mol. The second kappa shape index (κ2) is 5.18. The molecular weight excluding hydrogens is 250 g/mol. The summed E-state index contributed by atoms with van der Waals surface area (Å²) in [6, 6.07) is 5.08. The summed E-state index contributed by atoms with van der Waals surface area (Å²) < 4.78 is 10.3. The first-order valence-electron chi connectivity index (χ1n) is 5.34. The molecule has 0 N–H and O–H groups in total. The highest BCUT2D eigenvalue weighted by Gasteiger charge is 2.14. The smallest absolute Gasteiger partial charge is 0.212 e. The molecule has 0 aliphatic carbocycles. The highest BCUT2D eigenvalue weighted by molar-refractivity contribution is 7.09. The number of hydrogen-bond acceptors (Lipinski definition) is 5. The summed E-state index contributed by atoms with van der Waals surface area (Å²) in [4.78, 5) is 16.4. The van der Waals surface area contributed by atoms with Gasteiger partial charge in [0.05, 0.1) is 19.2 Å². The highest BCUT2D eigenvalue weighted by atomic mass is 32.1. The predicted molar refractivity (Wildman–Crippen MR) is 69.8 cm³/mol. The van der Waals surface area contributed by atoms with E-state index in [-0.39, 0.29) is 5.78 Å². The molecule has 0 aliphatic heterocycles. The summed E-state index contributed by atoms with van der Waals surface area (Å²) in [5.41, 5.74) is 1.00. The van der Waals surface area contributed by atoms with Crippen LogP contribution < -0.4 is 9.47 Å². The first-order valence-corrected chi connectivity index (χ1v) is 6.22. The van der Waals surface area contributed by atoms with Gasteiger partial charge in [0.25, 0.3) is 0 Å². The maximum atomic E-state index is 12.2. The van der Waals surface area contributed by atoms with Crippen molar-refractivity contribution in [1.29, 1.82) is 0 Å². The number of ketones is 1. The van der Waals surface area contributed by atoms with Gasteiger partial charge in [0.15, 0.2) is 11.5 Å². The average Bonchev–Trinajstić information content (AvgIpc) is 2.83. The lowest BCUT2D eigenvalue weighted by atomic mass is 10.1. The van der Waals surface area contributed by atoms with E-state index < -0.39 is 0 Å². The molecule has 2 aromatic rings. The van der Waals surface area contributed by atoms with E-state index in [4.69, 9.17) is 9.47 Å². The SMILES string of the molecule is COc1ccc(C(=O)c2csc(C)n2)cc1OC. The second-order valence-electron chi connectivity index (χ2n) is 3.65. The van der Waals surface area contributed by atoms with Gasteiger partial charge < -0.3 is 9.47 Å². The molecule has 0 unspecified atom stereocenters. The van der Waals surface area contributed by atoms with Crippen molar-refractivity contribution in [2.45, 2.75) is 6.92 Å². The Hall–Kier alpha value is -1.88. The summed E-state index contributed by atoms with van der Waals surface area (Å²) >= 11 is 1.46. The van der Waals surface area contributed by atoms with Crippen molar-refractivity contribution in [3.05, 3.63) is 39.8 Å². The van der Waals surface area contributed by atoms with Gasteiger partial charge in [-0.1, -0.05) is 0 Å². The van der Waals surface area contributed by atoms with Crippen molar-refractivity contribution in [2.24, 2.45) is 0 Å². The minimum Gasteiger partial charge on any atom is -0.493 e. The van der Waals surface area contributed by atoms with Crippen molar-refractivity contribution < 1.29 is 14.3 Å². The molecule has 18 heavy (non-hydrogen) atoms.